The SMILES string of the molecule is Cn1ccc2cc(-c3nn(CC4CCNCC4)c4ncnc(N)c34)ccc21. The number of nitrogens with one attached hydrogen (secondary N) is 1. The Balaban J connectivity index is 1.64. The van der Waals surface area contributed by atoms with Gasteiger partial charge in [0, 0.05) is 36.3 Å². The highest BCUT2D eigenvalue weighted by atomic mass is 15.3. The van der Waals surface area contributed by atoms with Crippen LogP contribution in [0, 0.1) is 5.92 Å². The number of nitrogen functional groups attached to an aromatic ring is 1. The highest BCUT2D eigenvalue weighted by Crippen LogP contribution is 2.32. The van der Waals surface area contributed by atoms with Crippen LogP contribution < -0.4 is 11.1 Å². The summed E-state index contributed by atoms with van der Waals surface area (Å²) in [6.45, 7) is 3.00. The van der Waals surface area contributed by atoms with Gasteiger partial charge in [-0.25, -0.2) is 14.6 Å². The number of nitrogens with two attached hydrogens (primary N) is 1. The van der Waals surface area contributed by atoms with E-state index in [1.807, 2.05) is 4.68 Å². The van der Waals surface area contributed by atoms with Crippen molar-refractivity contribution < 1.29 is 0 Å². The molecule has 0 radical (unpaired) electrons. The first-order valence-corrected chi connectivity index (χ1v) is 9.44. The van der Waals surface area contributed by atoms with Crippen molar-refractivity contribution in [3.63, 3.8) is 0 Å². The van der Waals surface area contributed by atoms with Gasteiger partial charge in [0.2, 0.25) is 0 Å². The second-order valence-corrected chi connectivity index (χ2v) is 7.38. The minimum atomic E-state index is 0.486. The van der Waals surface area contributed by atoms with Crippen molar-refractivity contribution in [3.05, 3.63) is 36.8 Å². The molecule has 1 aliphatic heterocycles. The summed E-state index contributed by atoms with van der Waals surface area (Å²) in [5.74, 6) is 1.09. The number of aryl methyl sites for hydroxylation is 1. The van der Waals surface area contributed by atoms with Crippen molar-refractivity contribution in [3.8, 4) is 11.3 Å². The Morgan fingerprint density at radius 1 is 1.19 bits per heavy atom. The lowest BCUT2D eigenvalue weighted by atomic mass is 9.98. The second kappa shape index (κ2) is 6.35. The molecule has 1 fully saturated rings. The van der Waals surface area contributed by atoms with Crippen molar-refractivity contribution in [2.24, 2.45) is 13.0 Å². The Kier molecular flexibility index (Phi) is 3.82. The fourth-order valence-corrected chi connectivity index (χ4v) is 4.10. The van der Waals surface area contributed by atoms with Crippen LogP contribution >= 0.6 is 0 Å². The highest BCUT2D eigenvalue weighted by Gasteiger charge is 2.21. The third-order valence-electron chi connectivity index (χ3n) is 5.61. The summed E-state index contributed by atoms with van der Waals surface area (Å²) in [6.07, 6.45) is 5.92. The number of nitrogens with zero attached hydrogens (tertiary/aromatic N) is 5. The van der Waals surface area contributed by atoms with Crippen molar-refractivity contribution >= 4 is 27.8 Å². The fourth-order valence-electron chi connectivity index (χ4n) is 4.10. The first kappa shape index (κ1) is 16.3. The molecule has 27 heavy (non-hydrogen) atoms. The molecule has 0 aliphatic carbocycles. The Hall–Kier alpha value is -2.93. The van der Waals surface area contributed by atoms with E-state index in [-0.39, 0.29) is 0 Å². The van der Waals surface area contributed by atoms with Crippen molar-refractivity contribution in [2.45, 2.75) is 19.4 Å². The Bertz CT molecular complexity index is 1120. The summed E-state index contributed by atoms with van der Waals surface area (Å²) >= 11 is 0. The van der Waals surface area contributed by atoms with Gasteiger partial charge in [0.15, 0.2) is 5.65 Å². The maximum absolute atomic E-state index is 6.24. The van der Waals surface area contributed by atoms with Crippen LogP contribution in [0.3, 0.4) is 0 Å². The lowest BCUT2D eigenvalue weighted by Gasteiger charge is -2.22. The maximum atomic E-state index is 6.24. The van der Waals surface area contributed by atoms with Crippen molar-refractivity contribution in [1.82, 2.24) is 29.6 Å². The van der Waals surface area contributed by atoms with Gasteiger partial charge in [-0.15, -0.1) is 0 Å². The molecule has 0 saturated carbocycles. The number of rotatable bonds is 3. The predicted molar refractivity (Wildman–Crippen MR) is 107 cm³/mol. The molecule has 0 unspecified atom stereocenters. The van der Waals surface area contributed by atoms with Crippen LogP contribution in [-0.4, -0.2) is 37.4 Å². The highest BCUT2D eigenvalue weighted by molar-refractivity contribution is 5.99. The Morgan fingerprint density at radius 3 is 2.89 bits per heavy atom. The Labute approximate surface area is 157 Å². The van der Waals surface area contributed by atoms with Gasteiger partial charge in [-0.3, -0.25) is 0 Å². The van der Waals surface area contributed by atoms with Crippen LogP contribution in [0.2, 0.25) is 0 Å². The van der Waals surface area contributed by atoms with Crippen LogP contribution in [-0.2, 0) is 13.6 Å². The molecule has 3 N–H and O–H groups in total. The number of hydrogen-bond donors (Lipinski definition) is 2. The molecule has 138 valence electrons. The first-order valence-electron chi connectivity index (χ1n) is 9.44. The van der Waals surface area contributed by atoms with Crippen LogP contribution in [0.5, 0.6) is 0 Å². The van der Waals surface area contributed by atoms with E-state index in [1.165, 1.54) is 17.2 Å². The van der Waals surface area contributed by atoms with Crippen molar-refractivity contribution in [2.75, 3.05) is 18.8 Å². The molecule has 0 atom stereocenters. The van der Waals surface area contributed by atoms with E-state index in [4.69, 9.17) is 10.8 Å². The van der Waals surface area contributed by atoms with Crippen LogP contribution in [0.4, 0.5) is 5.82 Å². The molecule has 7 nitrogen and oxygen atoms in total. The van der Waals surface area contributed by atoms with Gasteiger partial charge in [-0.1, -0.05) is 6.07 Å². The summed E-state index contributed by atoms with van der Waals surface area (Å²) in [5.41, 5.74) is 10.2. The number of hydrogen-bond acceptors (Lipinski definition) is 5. The standard InChI is InChI=1S/C20H23N7/c1-26-9-6-14-10-15(2-3-16(14)26)18-17-19(21)23-12-24-20(17)27(25-18)11-13-4-7-22-8-5-13/h2-3,6,9-10,12-13,22H,4-5,7-8,11H2,1H3,(H2,21,23,24). The summed E-state index contributed by atoms with van der Waals surface area (Å²) in [4.78, 5) is 8.73. The van der Waals surface area contributed by atoms with Gasteiger partial charge in [-0.05, 0) is 50.0 Å². The molecular weight excluding hydrogens is 338 g/mol. The molecule has 5 rings (SSSR count). The monoisotopic (exact) mass is 361 g/mol. The van der Waals surface area contributed by atoms with Gasteiger partial charge in [0.1, 0.15) is 17.8 Å². The topological polar surface area (TPSA) is 86.6 Å². The smallest absolute Gasteiger partial charge is 0.163 e. The van der Waals surface area contributed by atoms with Gasteiger partial charge in [0.05, 0.1) is 5.39 Å². The molecule has 0 bridgehead atoms. The van der Waals surface area contributed by atoms with E-state index in [9.17, 15) is 0 Å². The quantitative estimate of drug-likeness (QED) is 0.586. The zero-order valence-electron chi connectivity index (χ0n) is 15.4. The third-order valence-corrected chi connectivity index (χ3v) is 5.61. The number of piperidine rings is 1. The zero-order chi connectivity index (χ0) is 18.4. The van der Waals surface area contributed by atoms with Crippen LogP contribution in [0.25, 0.3) is 33.2 Å². The van der Waals surface area contributed by atoms with Gasteiger partial charge in [-0.2, -0.15) is 5.10 Å². The number of benzene rings is 1. The van der Waals surface area contributed by atoms with Crippen molar-refractivity contribution in [1.29, 1.82) is 0 Å². The molecular formula is C20H23N7. The van der Waals surface area contributed by atoms with E-state index in [0.717, 1.165) is 54.8 Å². The zero-order valence-corrected chi connectivity index (χ0v) is 15.4. The summed E-state index contributed by atoms with van der Waals surface area (Å²) in [7, 11) is 2.05. The van der Waals surface area contributed by atoms with Gasteiger partial charge < -0.3 is 15.6 Å². The minimum Gasteiger partial charge on any atom is -0.383 e. The number of fused-ring (bicyclic) bond motifs is 2. The molecule has 0 spiro atoms. The normalized spacial score (nSPS) is 15.7. The largest absolute Gasteiger partial charge is 0.383 e. The fraction of sp³-hybridized carbons (Fsp3) is 0.350. The average Bonchev–Trinajstić information content (AvgIpc) is 3.24. The number of aromatic nitrogens is 5. The maximum Gasteiger partial charge on any atom is 0.163 e. The molecule has 4 heterocycles. The second-order valence-electron chi connectivity index (χ2n) is 7.38. The molecule has 7 heteroatoms. The van der Waals surface area contributed by atoms with E-state index in [0.29, 0.717) is 11.7 Å². The van der Waals surface area contributed by atoms with Crippen LogP contribution in [0.1, 0.15) is 12.8 Å². The van der Waals surface area contributed by atoms with Gasteiger partial charge >= 0.3 is 0 Å². The molecule has 3 aromatic heterocycles. The lowest BCUT2D eigenvalue weighted by Crippen LogP contribution is -2.30. The summed E-state index contributed by atoms with van der Waals surface area (Å²) in [5, 5.41) is 10.4. The van der Waals surface area contributed by atoms with E-state index >= 15 is 0 Å². The van der Waals surface area contributed by atoms with Gasteiger partial charge in [0.25, 0.3) is 0 Å². The molecule has 1 saturated heterocycles. The summed E-state index contributed by atoms with van der Waals surface area (Å²) < 4.78 is 4.14. The lowest BCUT2D eigenvalue weighted by molar-refractivity contribution is 0.325. The predicted octanol–water partition coefficient (Wildman–Crippen LogP) is 2.57. The molecule has 1 aromatic carbocycles. The molecule has 4 aromatic rings. The molecule has 0 amide bonds. The van der Waals surface area contributed by atoms with E-state index in [2.05, 4.69) is 57.4 Å². The minimum absolute atomic E-state index is 0.486. The average molecular weight is 361 g/mol. The first-order chi connectivity index (χ1) is 13.2. The van der Waals surface area contributed by atoms with E-state index < -0.39 is 0 Å². The van der Waals surface area contributed by atoms with Crippen LogP contribution in [0.15, 0.2) is 36.8 Å². The Morgan fingerprint density at radius 2 is 2.04 bits per heavy atom. The third kappa shape index (κ3) is 2.75. The van der Waals surface area contributed by atoms with E-state index in [1.54, 1.807) is 0 Å². The number of anilines is 1. The summed E-state index contributed by atoms with van der Waals surface area (Å²) in [6, 6.07) is 8.51. The molecule has 1 aliphatic rings.